The van der Waals surface area contributed by atoms with Crippen molar-refractivity contribution < 1.29 is 22.8 Å². The highest BCUT2D eigenvalue weighted by molar-refractivity contribution is 5.71. The molecule has 2 aromatic heterocycles. The van der Waals surface area contributed by atoms with Gasteiger partial charge in [0.25, 0.3) is 0 Å². The Hall–Kier alpha value is -3.18. The van der Waals surface area contributed by atoms with Crippen molar-refractivity contribution >= 4 is 11.3 Å². The smallest absolute Gasteiger partial charge is 0.417 e. The standard InChI is InChI=1S/C22H24F3N5O3/c1-2-33-19-6-4-15(12-17(19)30(31)32)21-18(14-28-10-3-8-26-9-11-28)29-13-16(22(23,24)25)5-7-20(29)27-21/h4-7,12-13,26H,2-3,8-11,14H2,1H3. The maximum absolute atomic E-state index is 13.4. The molecule has 1 N–H and O–H groups in total. The van der Waals surface area contributed by atoms with Crippen molar-refractivity contribution in [3.8, 4) is 17.0 Å². The largest absolute Gasteiger partial charge is 0.487 e. The van der Waals surface area contributed by atoms with Crippen molar-refractivity contribution in [2.75, 3.05) is 32.8 Å². The zero-order valence-corrected chi connectivity index (χ0v) is 18.1. The van der Waals surface area contributed by atoms with Gasteiger partial charge >= 0.3 is 11.9 Å². The van der Waals surface area contributed by atoms with Crippen LogP contribution in [0.4, 0.5) is 18.9 Å². The molecule has 0 aliphatic carbocycles. The Kier molecular flexibility index (Phi) is 6.52. The summed E-state index contributed by atoms with van der Waals surface area (Å²) in [6.45, 7) is 5.51. The number of hydrogen-bond acceptors (Lipinski definition) is 6. The summed E-state index contributed by atoms with van der Waals surface area (Å²) < 4.78 is 47.0. The first-order chi connectivity index (χ1) is 15.8. The lowest BCUT2D eigenvalue weighted by Gasteiger charge is -2.20. The number of aromatic nitrogens is 2. The molecule has 1 aliphatic rings. The normalized spacial score (nSPS) is 15.5. The van der Waals surface area contributed by atoms with Crippen LogP contribution >= 0.6 is 0 Å². The van der Waals surface area contributed by atoms with E-state index in [2.05, 4.69) is 15.2 Å². The number of nitrogens with zero attached hydrogens (tertiary/aromatic N) is 4. The number of pyridine rings is 1. The Labute approximate surface area is 188 Å². The Morgan fingerprint density at radius 1 is 1.21 bits per heavy atom. The number of fused-ring (bicyclic) bond motifs is 1. The maximum Gasteiger partial charge on any atom is 0.417 e. The third kappa shape index (κ3) is 4.93. The van der Waals surface area contributed by atoms with Crippen LogP contribution in [0.25, 0.3) is 16.9 Å². The molecule has 1 saturated heterocycles. The van der Waals surface area contributed by atoms with E-state index in [9.17, 15) is 23.3 Å². The van der Waals surface area contributed by atoms with E-state index in [1.807, 2.05) is 0 Å². The van der Waals surface area contributed by atoms with Gasteiger partial charge in [0.1, 0.15) is 5.65 Å². The van der Waals surface area contributed by atoms with Crippen LogP contribution in [0.1, 0.15) is 24.6 Å². The number of hydrogen-bond donors (Lipinski definition) is 1. The summed E-state index contributed by atoms with van der Waals surface area (Å²) in [5.74, 6) is 0.134. The first-order valence-corrected chi connectivity index (χ1v) is 10.7. The zero-order chi connectivity index (χ0) is 23.6. The van der Waals surface area contributed by atoms with Gasteiger partial charge in [0.05, 0.1) is 28.5 Å². The van der Waals surface area contributed by atoms with Crippen LogP contribution in [-0.2, 0) is 12.7 Å². The van der Waals surface area contributed by atoms with E-state index < -0.39 is 16.7 Å². The van der Waals surface area contributed by atoms with Crippen molar-refractivity contribution in [3.63, 3.8) is 0 Å². The van der Waals surface area contributed by atoms with Crippen LogP contribution in [0.2, 0.25) is 0 Å². The van der Waals surface area contributed by atoms with Crippen LogP contribution < -0.4 is 10.1 Å². The molecule has 8 nitrogen and oxygen atoms in total. The van der Waals surface area contributed by atoms with Crippen LogP contribution in [0.5, 0.6) is 5.75 Å². The number of halogens is 3. The molecule has 0 saturated carbocycles. The van der Waals surface area contributed by atoms with Crippen LogP contribution in [0.15, 0.2) is 36.5 Å². The van der Waals surface area contributed by atoms with E-state index in [-0.39, 0.29) is 18.0 Å². The molecule has 3 heterocycles. The SMILES string of the molecule is CCOc1ccc(-c2nc3ccc(C(F)(F)F)cn3c2CN2CCCNCC2)cc1[N+](=O)[O-]. The van der Waals surface area contributed by atoms with Gasteiger partial charge < -0.3 is 14.5 Å². The van der Waals surface area contributed by atoms with Gasteiger partial charge in [-0.15, -0.1) is 0 Å². The first kappa shape index (κ1) is 23.0. The second-order valence-corrected chi connectivity index (χ2v) is 7.80. The minimum absolute atomic E-state index is 0.134. The van der Waals surface area contributed by atoms with Gasteiger partial charge in [-0.25, -0.2) is 4.98 Å². The molecule has 33 heavy (non-hydrogen) atoms. The third-order valence-electron chi connectivity index (χ3n) is 5.58. The maximum atomic E-state index is 13.4. The monoisotopic (exact) mass is 463 g/mol. The van der Waals surface area contributed by atoms with Crippen LogP contribution in [0, 0.1) is 10.1 Å². The predicted octanol–water partition coefficient (Wildman–Crippen LogP) is 4.12. The van der Waals surface area contributed by atoms with Gasteiger partial charge in [0.2, 0.25) is 0 Å². The van der Waals surface area contributed by atoms with Crippen molar-refractivity contribution in [1.29, 1.82) is 0 Å². The minimum atomic E-state index is -4.50. The Bertz CT molecular complexity index is 1150. The van der Waals surface area contributed by atoms with Crippen molar-refractivity contribution in [1.82, 2.24) is 19.6 Å². The Balaban J connectivity index is 1.86. The number of benzene rings is 1. The zero-order valence-electron chi connectivity index (χ0n) is 18.1. The molecule has 1 aromatic carbocycles. The summed E-state index contributed by atoms with van der Waals surface area (Å²) in [7, 11) is 0. The van der Waals surface area contributed by atoms with E-state index >= 15 is 0 Å². The average molecular weight is 463 g/mol. The molecule has 0 spiro atoms. The molecule has 0 radical (unpaired) electrons. The molecule has 1 fully saturated rings. The molecule has 11 heteroatoms. The lowest BCUT2D eigenvalue weighted by Crippen LogP contribution is -2.28. The van der Waals surface area contributed by atoms with E-state index in [0.29, 0.717) is 29.1 Å². The van der Waals surface area contributed by atoms with Gasteiger partial charge in [-0.3, -0.25) is 15.0 Å². The van der Waals surface area contributed by atoms with E-state index in [4.69, 9.17) is 4.74 Å². The summed E-state index contributed by atoms with van der Waals surface area (Å²) in [4.78, 5) is 17.8. The minimum Gasteiger partial charge on any atom is -0.487 e. The number of alkyl halides is 3. The fourth-order valence-electron chi connectivity index (χ4n) is 4.00. The fourth-order valence-corrected chi connectivity index (χ4v) is 4.00. The molecular weight excluding hydrogens is 439 g/mol. The molecule has 0 amide bonds. The highest BCUT2D eigenvalue weighted by Gasteiger charge is 2.32. The van der Waals surface area contributed by atoms with E-state index in [1.54, 1.807) is 13.0 Å². The van der Waals surface area contributed by atoms with Gasteiger partial charge in [0.15, 0.2) is 5.75 Å². The molecule has 0 atom stereocenters. The number of rotatable bonds is 6. The summed E-state index contributed by atoms with van der Waals surface area (Å²) in [6, 6.07) is 6.83. The number of nitro benzene ring substituents is 1. The molecule has 4 rings (SSSR count). The molecule has 3 aromatic rings. The van der Waals surface area contributed by atoms with Gasteiger partial charge in [-0.2, -0.15) is 13.2 Å². The molecule has 1 aliphatic heterocycles. The summed E-state index contributed by atoms with van der Waals surface area (Å²) in [6.07, 6.45) is -2.55. The van der Waals surface area contributed by atoms with Crippen molar-refractivity contribution in [2.45, 2.75) is 26.1 Å². The summed E-state index contributed by atoms with van der Waals surface area (Å²) in [5.41, 5.74) is 0.764. The van der Waals surface area contributed by atoms with E-state index in [0.717, 1.165) is 44.9 Å². The van der Waals surface area contributed by atoms with Crippen LogP contribution in [0.3, 0.4) is 0 Å². The van der Waals surface area contributed by atoms with Gasteiger partial charge in [0, 0.05) is 37.5 Å². The number of ether oxygens (including phenoxy) is 1. The number of imidazole rings is 1. The predicted molar refractivity (Wildman–Crippen MR) is 116 cm³/mol. The fraction of sp³-hybridized carbons (Fsp3) is 0.409. The number of nitro groups is 1. The number of nitrogens with one attached hydrogen (secondary N) is 1. The summed E-state index contributed by atoms with van der Waals surface area (Å²) in [5, 5.41) is 14.9. The first-order valence-electron chi connectivity index (χ1n) is 10.7. The molecule has 0 unspecified atom stereocenters. The van der Waals surface area contributed by atoms with Gasteiger partial charge in [-0.1, -0.05) is 0 Å². The highest BCUT2D eigenvalue weighted by atomic mass is 19.4. The van der Waals surface area contributed by atoms with Crippen LogP contribution in [-0.4, -0.2) is 52.0 Å². The van der Waals surface area contributed by atoms with Gasteiger partial charge in [-0.05, 0) is 50.7 Å². The summed E-state index contributed by atoms with van der Waals surface area (Å²) >= 11 is 0. The third-order valence-corrected chi connectivity index (χ3v) is 5.58. The molecule has 0 bridgehead atoms. The van der Waals surface area contributed by atoms with E-state index in [1.165, 1.54) is 22.6 Å². The quantitative estimate of drug-likeness (QED) is 0.437. The Morgan fingerprint density at radius 2 is 2.03 bits per heavy atom. The van der Waals surface area contributed by atoms with Crippen molar-refractivity contribution in [2.24, 2.45) is 0 Å². The lowest BCUT2D eigenvalue weighted by atomic mass is 10.1. The highest BCUT2D eigenvalue weighted by Crippen LogP contribution is 2.35. The average Bonchev–Trinajstić information content (AvgIpc) is 2.93. The van der Waals surface area contributed by atoms with Crippen molar-refractivity contribution in [3.05, 3.63) is 57.9 Å². The Morgan fingerprint density at radius 3 is 2.76 bits per heavy atom. The lowest BCUT2D eigenvalue weighted by molar-refractivity contribution is -0.385. The topological polar surface area (TPSA) is 84.9 Å². The molecular formula is C22H24F3N5O3. The second-order valence-electron chi connectivity index (χ2n) is 7.80. The second kappa shape index (κ2) is 9.36. The molecule has 176 valence electrons.